The van der Waals surface area contributed by atoms with Gasteiger partial charge in [0.2, 0.25) is 5.91 Å². The first-order valence-electron chi connectivity index (χ1n) is 10.6. The van der Waals surface area contributed by atoms with E-state index in [4.69, 9.17) is 0 Å². The van der Waals surface area contributed by atoms with Crippen LogP contribution in [0.25, 0.3) is 0 Å². The molecular weight excluding hydrogens is 399 g/mol. The van der Waals surface area contributed by atoms with E-state index in [9.17, 15) is 19.1 Å². The first kappa shape index (κ1) is 21.2. The zero-order valence-corrected chi connectivity index (χ0v) is 17.8. The van der Waals surface area contributed by atoms with E-state index in [0.717, 1.165) is 16.9 Å². The first-order valence-corrected chi connectivity index (χ1v) is 10.6. The Balaban J connectivity index is 1.45. The zero-order valence-electron chi connectivity index (χ0n) is 17.8. The van der Waals surface area contributed by atoms with Gasteiger partial charge in [-0.2, -0.15) is 0 Å². The molecule has 1 atom stereocenters. The van der Waals surface area contributed by atoms with Crippen LogP contribution < -0.4 is 9.80 Å². The van der Waals surface area contributed by atoms with Crippen molar-refractivity contribution in [1.29, 1.82) is 0 Å². The number of benzene rings is 1. The minimum absolute atomic E-state index is 0.00552. The second kappa shape index (κ2) is 8.63. The van der Waals surface area contributed by atoms with Crippen molar-refractivity contribution in [3.05, 3.63) is 53.0 Å². The van der Waals surface area contributed by atoms with Gasteiger partial charge in [0.05, 0.1) is 18.2 Å². The highest BCUT2D eigenvalue weighted by Crippen LogP contribution is 2.28. The number of aryl methyl sites for hydroxylation is 2. The molecule has 0 radical (unpaired) electrons. The molecule has 7 nitrogen and oxygen atoms in total. The highest BCUT2D eigenvalue weighted by molar-refractivity contribution is 5.98. The number of carbonyl (C=O) groups is 2. The molecule has 2 aromatic rings. The van der Waals surface area contributed by atoms with E-state index in [1.807, 2.05) is 20.0 Å². The fourth-order valence-electron chi connectivity index (χ4n) is 4.43. The number of hydrogen-bond acceptors (Lipinski definition) is 5. The Morgan fingerprint density at radius 2 is 1.94 bits per heavy atom. The Labute approximate surface area is 181 Å². The SMILES string of the molecule is Cc1cnc(N2CCN(C(=O)c3ccc(N4C(=O)CCC4CO)cc3F)CC2)c(C)c1. The van der Waals surface area contributed by atoms with Crippen LogP contribution in [0.5, 0.6) is 0 Å². The minimum Gasteiger partial charge on any atom is -0.394 e. The number of piperazine rings is 1. The van der Waals surface area contributed by atoms with Gasteiger partial charge in [0.1, 0.15) is 11.6 Å². The van der Waals surface area contributed by atoms with E-state index in [1.54, 1.807) is 11.0 Å². The van der Waals surface area contributed by atoms with Gasteiger partial charge >= 0.3 is 0 Å². The van der Waals surface area contributed by atoms with Crippen LogP contribution in [0.2, 0.25) is 0 Å². The van der Waals surface area contributed by atoms with Crippen molar-refractivity contribution in [3.8, 4) is 0 Å². The summed E-state index contributed by atoms with van der Waals surface area (Å²) in [5, 5.41) is 9.48. The Bertz CT molecular complexity index is 1000. The van der Waals surface area contributed by atoms with E-state index < -0.39 is 5.82 Å². The topological polar surface area (TPSA) is 77.0 Å². The lowest BCUT2D eigenvalue weighted by molar-refractivity contribution is -0.117. The summed E-state index contributed by atoms with van der Waals surface area (Å²) < 4.78 is 14.8. The number of aliphatic hydroxyl groups excluding tert-OH is 1. The lowest BCUT2D eigenvalue weighted by atomic mass is 10.1. The molecular formula is C23H27FN4O3. The van der Waals surface area contributed by atoms with Gasteiger partial charge in [0.15, 0.2) is 0 Å². The summed E-state index contributed by atoms with van der Waals surface area (Å²) in [4.78, 5) is 34.8. The molecule has 1 N–H and O–H groups in total. The number of nitrogens with zero attached hydrogens (tertiary/aromatic N) is 4. The van der Waals surface area contributed by atoms with Crippen LogP contribution >= 0.6 is 0 Å². The predicted octanol–water partition coefficient (Wildman–Crippen LogP) is 2.29. The molecule has 1 unspecified atom stereocenters. The van der Waals surface area contributed by atoms with E-state index in [0.29, 0.717) is 44.7 Å². The van der Waals surface area contributed by atoms with Crippen LogP contribution in [0.3, 0.4) is 0 Å². The third kappa shape index (κ3) is 4.12. The molecule has 2 saturated heterocycles. The molecule has 0 bridgehead atoms. The van der Waals surface area contributed by atoms with E-state index in [-0.39, 0.29) is 30.0 Å². The molecule has 0 aliphatic carbocycles. The Morgan fingerprint density at radius 3 is 2.58 bits per heavy atom. The van der Waals surface area contributed by atoms with Crippen LogP contribution in [0.4, 0.5) is 15.9 Å². The van der Waals surface area contributed by atoms with Crippen molar-refractivity contribution in [1.82, 2.24) is 9.88 Å². The fourth-order valence-corrected chi connectivity index (χ4v) is 4.43. The molecule has 4 rings (SSSR count). The lowest BCUT2D eigenvalue weighted by Gasteiger charge is -2.36. The number of aliphatic hydroxyl groups is 1. The van der Waals surface area contributed by atoms with Crippen molar-refractivity contribution in [2.75, 3.05) is 42.6 Å². The van der Waals surface area contributed by atoms with Gasteiger partial charge in [0, 0.05) is 44.5 Å². The molecule has 2 amide bonds. The van der Waals surface area contributed by atoms with Crippen LogP contribution in [0.1, 0.15) is 34.3 Å². The normalized spacial score (nSPS) is 19.3. The summed E-state index contributed by atoms with van der Waals surface area (Å²) in [7, 11) is 0. The lowest BCUT2D eigenvalue weighted by Crippen LogP contribution is -2.49. The van der Waals surface area contributed by atoms with Crippen molar-refractivity contribution in [2.45, 2.75) is 32.7 Å². The number of rotatable bonds is 4. The zero-order chi connectivity index (χ0) is 22.1. The van der Waals surface area contributed by atoms with Gasteiger partial charge in [-0.05, 0) is 49.6 Å². The molecule has 1 aromatic carbocycles. The molecule has 164 valence electrons. The maximum absolute atomic E-state index is 14.8. The fraction of sp³-hybridized carbons (Fsp3) is 0.435. The number of aromatic nitrogens is 1. The maximum atomic E-state index is 14.8. The third-order valence-electron chi connectivity index (χ3n) is 6.05. The van der Waals surface area contributed by atoms with Crippen LogP contribution in [0.15, 0.2) is 30.5 Å². The van der Waals surface area contributed by atoms with Gasteiger partial charge in [0.25, 0.3) is 5.91 Å². The summed E-state index contributed by atoms with van der Waals surface area (Å²) in [5.41, 5.74) is 2.57. The summed E-state index contributed by atoms with van der Waals surface area (Å²) in [6.45, 7) is 6.07. The second-order valence-electron chi connectivity index (χ2n) is 8.24. The number of amides is 2. The standard InChI is InChI=1S/C23H27FN4O3/c1-15-11-16(2)22(25-13-15)26-7-9-27(10-8-26)23(31)19-5-3-17(12-20(19)24)28-18(14-29)4-6-21(28)30/h3,5,11-13,18,29H,4,6-10,14H2,1-2H3. The highest BCUT2D eigenvalue weighted by atomic mass is 19.1. The first-order chi connectivity index (χ1) is 14.9. The van der Waals surface area contributed by atoms with Crippen molar-refractivity contribution < 1.29 is 19.1 Å². The quantitative estimate of drug-likeness (QED) is 0.812. The summed E-state index contributed by atoms with van der Waals surface area (Å²) in [5.74, 6) is -0.239. The number of anilines is 2. The van der Waals surface area contributed by atoms with Gasteiger partial charge in [-0.1, -0.05) is 6.07 Å². The highest BCUT2D eigenvalue weighted by Gasteiger charge is 2.32. The van der Waals surface area contributed by atoms with Crippen molar-refractivity contribution in [3.63, 3.8) is 0 Å². The summed E-state index contributed by atoms with van der Waals surface area (Å²) >= 11 is 0. The van der Waals surface area contributed by atoms with Crippen LogP contribution in [-0.4, -0.2) is 65.6 Å². The largest absolute Gasteiger partial charge is 0.394 e. The van der Waals surface area contributed by atoms with Gasteiger partial charge in [-0.15, -0.1) is 0 Å². The third-order valence-corrected chi connectivity index (χ3v) is 6.05. The van der Waals surface area contributed by atoms with E-state index in [1.165, 1.54) is 17.0 Å². The Kier molecular flexibility index (Phi) is 5.91. The van der Waals surface area contributed by atoms with E-state index in [2.05, 4.69) is 16.0 Å². The molecule has 0 spiro atoms. The maximum Gasteiger partial charge on any atom is 0.256 e. The van der Waals surface area contributed by atoms with Crippen LogP contribution in [-0.2, 0) is 4.79 Å². The summed E-state index contributed by atoms with van der Waals surface area (Å²) in [6, 6.07) is 5.97. The average molecular weight is 426 g/mol. The van der Waals surface area contributed by atoms with Gasteiger partial charge in [-0.3, -0.25) is 9.59 Å². The predicted molar refractivity (Wildman–Crippen MR) is 116 cm³/mol. The average Bonchev–Trinajstić information content (AvgIpc) is 3.14. The number of halogens is 1. The van der Waals surface area contributed by atoms with Gasteiger partial charge < -0.3 is 19.8 Å². The molecule has 0 saturated carbocycles. The molecule has 3 heterocycles. The molecule has 2 aliphatic heterocycles. The Morgan fingerprint density at radius 1 is 1.19 bits per heavy atom. The van der Waals surface area contributed by atoms with E-state index >= 15 is 0 Å². The monoisotopic (exact) mass is 426 g/mol. The number of hydrogen-bond donors (Lipinski definition) is 1. The Hall–Kier alpha value is -3.00. The second-order valence-corrected chi connectivity index (χ2v) is 8.24. The molecule has 2 fully saturated rings. The molecule has 8 heteroatoms. The molecule has 1 aromatic heterocycles. The van der Waals surface area contributed by atoms with Crippen molar-refractivity contribution in [2.24, 2.45) is 0 Å². The minimum atomic E-state index is -0.655. The van der Waals surface area contributed by atoms with Gasteiger partial charge in [-0.25, -0.2) is 9.37 Å². The van der Waals surface area contributed by atoms with Crippen LogP contribution in [0, 0.1) is 19.7 Å². The molecule has 2 aliphatic rings. The smallest absolute Gasteiger partial charge is 0.256 e. The number of carbonyl (C=O) groups excluding carboxylic acids is 2. The molecule has 31 heavy (non-hydrogen) atoms. The summed E-state index contributed by atoms with van der Waals surface area (Å²) in [6.07, 6.45) is 2.70. The van der Waals surface area contributed by atoms with Crippen molar-refractivity contribution >= 4 is 23.3 Å². The number of pyridine rings is 1.